The monoisotopic (exact) mass is 683 g/mol. The number of ether oxygens (including phenoxy) is 3. The third kappa shape index (κ3) is 8.69. The number of hydrogen-bond acceptors (Lipinski definition) is 7. The Labute approximate surface area is 296 Å². The number of carboxylic acid groups (broad SMARTS) is 1. The summed E-state index contributed by atoms with van der Waals surface area (Å²) in [6.07, 6.45) is 0. The van der Waals surface area contributed by atoms with Crippen molar-refractivity contribution in [3.63, 3.8) is 0 Å². The fourth-order valence-electron chi connectivity index (χ4n) is 6.33. The number of para-hydroxylation sites is 1. The van der Waals surface area contributed by atoms with Crippen molar-refractivity contribution in [1.82, 2.24) is 4.90 Å². The third-order valence-corrected chi connectivity index (χ3v) is 8.91. The number of carboxylic acids is 1. The van der Waals surface area contributed by atoms with Crippen molar-refractivity contribution >= 4 is 23.8 Å². The van der Waals surface area contributed by atoms with Gasteiger partial charge in [0.2, 0.25) is 5.91 Å². The Kier molecular flexibility index (Phi) is 11.2. The predicted octanol–water partition coefficient (Wildman–Crippen LogP) is 7.06. The number of benzene rings is 5. The van der Waals surface area contributed by atoms with Crippen LogP contribution in [0.3, 0.4) is 0 Å². The van der Waals surface area contributed by atoms with E-state index in [9.17, 15) is 24.3 Å². The molecule has 1 aliphatic rings. The van der Waals surface area contributed by atoms with E-state index in [1.54, 1.807) is 65.6 Å². The number of hydrogen-bond donors (Lipinski definition) is 1. The number of nitrogens with zero attached hydrogens (tertiary/aromatic N) is 1. The number of carbonyl (C=O) groups excluding carboxylic acids is 3. The van der Waals surface area contributed by atoms with Crippen LogP contribution < -0.4 is 4.74 Å². The molecule has 51 heavy (non-hydrogen) atoms. The number of carbonyl (C=O) groups is 4. The molecule has 0 aliphatic heterocycles. The second-order valence-electron chi connectivity index (χ2n) is 12.4. The Balaban J connectivity index is 1.29. The Morgan fingerprint density at radius 2 is 0.863 bits per heavy atom. The Morgan fingerprint density at radius 3 is 1.31 bits per heavy atom. The fraction of sp³-hybridized carbons (Fsp3) is 0.190. The van der Waals surface area contributed by atoms with Gasteiger partial charge in [-0.2, -0.15) is 0 Å². The molecule has 2 atom stereocenters. The Bertz CT molecular complexity index is 1850. The molecule has 0 radical (unpaired) electrons. The summed E-state index contributed by atoms with van der Waals surface area (Å²) in [6.45, 7) is 0.0360. The molecule has 1 aliphatic carbocycles. The zero-order valence-corrected chi connectivity index (χ0v) is 27.7. The summed E-state index contributed by atoms with van der Waals surface area (Å²) in [6, 6.07) is 43.8. The second-order valence-corrected chi connectivity index (χ2v) is 12.4. The number of esters is 2. The van der Waals surface area contributed by atoms with Crippen LogP contribution in [0.25, 0.3) is 0 Å². The standard InChI is InChI=1S/C42H37NO8/c44-39(43(25-29-13-5-1-6-14-29)26-30-21-23-34(24-22-30)51-33-19-11-4-12-20-33)35-37(41(47)49-27-31-15-7-2-8-16-31)36(40(45)46)38(35)42(48)50-28-32-17-9-3-10-18-32/h1-24,35-38H,25-28H2,(H,45,46). The van der Waals surface area contributed by atoms with Crippen molar-refractivity contribution < 1.29 is 38.5 Å². The SMILES string of the molecule is O=C(O)C1C(C(=O)OCc2ccccc2)C(C(=O)N(Cc2ccccc2)Cc2ccc(Oc3ccccc3)cc2)C1C(=O)OCc1ccccc1. The second kappa shape index (κ2) is 16.5. The van der Waals surface area contributed by atoms with E-state index >= 15 is 0 Å². The van der Waals surface area contributed by atoms with E-state index < -0.39 is 47.5 Å². The van der Waals surface area contributed by atoms with E-state index in [1.165, 1.54) is 0 Å². The van der Waals surface area contributed by atoms with Crippen molar-refractivity contribution in [3.05, 3.63) is 168 Å². The molecule has 0 saturated heterocycles. The van der Waals surface area contributed by atoms with Gasteiger partial charge in [-0.25, -0.2) is 0 Å². The Hall–Kier alpha value is -6.22. The topological polar surface area (TPSA) is 119 Å². The lowest BCUT2D eigenvalue weighted by Crippen LogP contribution is -2.62. The lowest BCUT2D eigenvalue weighted by Gasteiger charge is -2.47. The molecular weight excluding hydrogens is 646 g/mol. The van der Waals surface area contributed by atoms with Gasteiger partial charge in [-0.15, -0.1) is 0 Å². The van der Waals surface area contributed by atoms with Crippen molar-refractivity contribution in [1.29, 1.82) is 0 Å². The number of rotatable bonds is 14. The molecule has 1 amide bonds. The summed E-state index contributed by atoms with van der Waals surface area (Å²) in [4.78, 5) is 56.3. The molecular formula is C42H37NO8. The lowest BCUT2D eigenvalue weighted by molar-refractivity contribution is -0.195. The molecule has 2 unspecified atom stereocenters. The summed E-state index contributed by atoms with van der Waals surface area (Å²) in [7, 11) is 0. The predicted molar refractivity (Wildman–Crippen MR) is 188 cm³/mol. The van der Waals surface area contributed by atoms with Gasteiger partial charge in [0.05, 0.1) is 23.7 Å². The van der Waals surface area contributed by atoms with Crippen LogP contribution in [0, 0.1) is 23.7 Å². The normalized spacial score (nSPS) is 17.7. The van der Waals surface area contributed by atoms with E-state index in [1.807, 2.05) is 84.9 Å². The summed E-state index contributed by atoms with van der Waals surface area (Å²) >= 11 is 0. The largest absolute Gasteiger partial charge is 0.481 e. The minimum absolute atomic E-state index is 0.113. The molecule has 9 nitrogen and oxygen atoms in total. The molecule has 5 aromatic rings. The zero-order valence-electron chi connectivity index (χ0n) is 27.7. The molecule has 1 saturated carbocycles. The summed E-state index contributed by atoms with van der Waals surface area (Å²) in [5.41, 5.74) is 2.98. The first kappa shape index (κ1) is 34.6. The molecule has 5 aromatic carbocycles. The van der Waals surface area contributed by atoms with Crippen LogP contribution in [0.2, 0.25) is 0 Å². The maximum Gasteiger partial charge on any atom is 0.311 e. The van der Waals surface area contributed by atoms with Crippen molar-refractivity contribution in [2.24, 2.45) is 23.7 Å². The van der Waals surface area contributed by atoms with Gasteiger partial charge in [-0.05, 0) is 46.5 Å². The van der Waals surface area contributed by atoms with Crippen LogP contribution in [0.5, 0.6) is 11.5 Å². The molecule has 0 spiro atoms. The number of aliphatic carboxylic acids is 1. The molecule has 1 N–H and O–H groups in total. The highest BCUT2D eigenvalue weighted by Gasteiger charge is 2.65. The number of amides is 1. The molecule has 9 heteroatoms. The smallest absolute Gasteiger partial charge is 0.311 e. The Morgan fingerprint density at radius 1 is 0.471 bits per heavy atom. The quantitative estimate of drug-likeness (QED) is 0.124. The van der Waals surface area contributed by atoms with Gasteiger partial charge < -0.3 is 24.2 Å². The molecule has 0 bridgehead atoms. The van der Waals surface area contributed by atoms with Crippen LogP contribution in [-0.2, 0) is 55.0 Å². The first-order chi connectivity index (χ1) is 24.9. The van der Waals surface area contributed by atoms with E-state index in [-0.39, 0.29) is 26.3 Å². The van der Waals surface area contributed by atoms with Gasteiger partial charge >= 0.3 is 17.9 Å². The average molecular weight is 684 g/mol. The van der Waals surface area contributed by atoms with Gasteiger partial charge in [-0.3, -0.25) is 19.2 Å². The maximum absolute atomic E-state index is 14.7. The minimum Gasteiger partial charge on any atom is -0.481 e. The maximum atomic E-state index is 14.7. The highest BCUT2D eigenvalue weighted by Crippen LogP contribution is 2.49. The van der Waals surface area contributed by atoms with Crippen LogP contribution in [0.15, 0.2) is 146 Å². The summed E-state index contributed by atoms with van der Waals surface area (Å²) < 4.78 is 17.1. The first-order valence-corrected chi connectivity index (χ1v) is 16.7. The van der Waals surface area contributed by atoms with E-state index in [2.05, 4.69) is 0 Å². The van der Waals surface area contributed by atoms with Crippen LogP contribution in [0.1, 0.15) is 22.3 Å². The van der Waals surface area contributed by atoms with Gasteiger partial charge in [-0.1, -0.05) is 121 Å². The molecule has 6 rings (SSSR count). The van der Waals surface area contributed by atoms with E-state index in [0.29, 0.717) is 22.6 Å². The van der Waals surface area contributed by atoms with Gasteiger partial charge in [0.25, 0.3) is 0 Å². The molecule has 258 valence electrons. The summed E-state index contributed by atoms with van der Waals surface area (Å²) in [5.74, 6) is -8.04. The minimum atomic E-state index is -1.52. The zero-order chi connectivity index (χ0) is 35.6. The summed E-state index contributed by atoms with van der Waals surface area (Å²) in [5, 5.41) is 10.3. The highest BCUT2D eigenvalue weighted by atomic mass is 16.5. The van der Waals surface area contributed by atoms with Gasteiger partial charge in [0.15, 0.2) is 0 Å². The third-order valence-electron chi connectivity index (χ3n) is 8.91. The van der Waals surface area contributed by atoms with E-state index in [0.717, 1.165) is 11.1 Å². The van der Waals surface area contributed by atoms with Crippen molar-refractivity contribution in [2.45, 2.75) is 26.3 Å². The molecule has 0 heterocycles. The van der Waals surface area contributed by atoms with Crippen LogP contribution in [-0.4, -0.2) is 33.8 Å². The van der Waals surface area contributed by atoms with Crippen LogP contribution in [0.4, 0.5) is 0 Å². The van der Waals surface area contributed by atoms with Gasteiger partial charge in [0.1, 0.15) is 24.7 Å². The van der Waals surface area contributed by atoms with Crippen molar-refractivity contribution in [3.8, 4) is 11.5 Å². The molecule has 0 aromatic heterocycles. The van der Waals surface area contributed by atoms with E-state index in [4.69, 9.17) is 14.2 Å². The first-order valence-electron chi connectivity index (χ1n) is 16.7. The lowest BCUT2D eigenvalue weighted by atomic mass is 9.55. The van der Waals surface area contributed by atoms with Crippen LogP contribution >= 0.6 is 0 Å². The highest BCUT2D eigenvalue weighted by molar-refractivity contribution is 5.98. The fourth-order valence-corrected chi connectivity index (χ4v) is 6.33. The van der Waals surface area contributed by atoms with Gasteiger partial charge in [0, 0.05) is 13.1 Å². The van der Waals surface area contributed by atoms with Crippen molar-refractivity contribution in [2.75, 3.05) is 0 Å². The average Bonchev–Trinajstić information content (AvgIpc) is 3.15. The molecule has 1 fully saturated rings.